The number of carbonyl (C=O) groups excluding carboxylic acids is 1. The van der Waals surface area contributed by atoms with Gasteiger partial charge in [0.05, 0.1) is 14.2 Å². The van der Waals surface area contributed by atoms with Gasteiger partial charge < -0.3 is 14.4 Å². The van der Waals surface area contributed by atoms with E-state index in [1.54, 1.807) is 14.2 Å². The molecule has 0 N–H and O–H groups in total. The minimum atomic E-state index is 0.0136. The van der Waals surface area contributed by atoms with Crippen LogP contribution in [0, 0.1) is 13.8 Å². The summed E-state index contributed by atoms with van der Waals surface area (Å²) in [5, 5.41) is 0. The Morgan fingerprint density at radius 1 is 0.724 bits per heavy atom. The molecule has 0 aromatic heterocycles. The second-order valence-electron chi connectivity index (χ2n) is 7.16. The van der Waals surface area contributed by atoms with Crippen molar-refractivity contribution < 1.29 is 14.3 Å². The lowest BCUT2D eigenvalue weighted by Gasteiger charge is -2.24. The molecule has 0 bridgehead atoms. The van der Waals surface area contributed by atoms with Gasteiger partial charge in [0, 0.05) is 18.7 Å². The summed E-state index contributed by atoms with van der Waals surface area (Å²) in [6.45, 7) is 5.11. The highest BCUT2D eigenvalue weighted by Gasteiger charge is 2.17. The van der Waals surface area contributed by atoms with E-state index in [1.807, 2.05) is 78.6 Å². The lowest BCUT2D eigenvalue weighted by molar-refractivity contribution is 0.0730. The lowest BCUT2D eigenvalue weighted by Crippen LogP contribution is -2.30. The van der Waals surface area contributed by atoms with Gasteiger partial charge in [0.25, 0.3) is 5.91 Å². The van der Waals surface area contributed by atoms with Crippen molar-refractivity contribution in [3.8, 4) is 11.5 Å². The summed E-state index contributed by atoms with van der Waals surface area (Å²) in [5.74, 6) is 1.62. The number of nitrogens with zero attached hydrogens (tertiary/aromatic N) is 1. The van der Waals surface area contributed by atoms with Crippen molar-refractivity contribution in [2.75, 3.05) is 14.2 Å². The second-order valence-corrected chi connectivity index (χ2v) is 7.16. The maximum atomic E-state index is 13.3. The van der Waals surface area contributed by atoms with Crippen LogP contribution in [0.1, 0.15) is 32.6 Å². The first-order valence-corrected chi connectivity index (χ1v) is 9.62. The molecule has 3 aromatic rings. The predicted molar refractivity (Wildman–Crippen MR) is 115 cm³/mol. The van der Waals surface area contributed by atoms with Crippen LogP contribution in [0.4, 0.5) is 0 Å². The third kappa shape index (κ3) is 5.17. The van der Waals surface area contributed by atoms with Crippen molar-refractivity contribution in [2.45, 2.75) is 26.9 Å². The minimum absolute atomic E-state index is 0.0136. The number of hydrogen-bond acceptors (Lipinski definition) is 3. The Bertz CT molecular complexity index is 913. The molecule has 1 amide bonds. The van der Waals surface area contributed by atoms with Crippen LogP contribution in [0.2, 0.25) is 0 Å². The summed E-state index contributed by atoms with van der Waals surface area (Å²) in [7, 11) is 3.29. The first kappa shape index (κ1) is 20.5. The summed E-state index contributed by atoms with van der Waals surface area (Å²) in [6, 6.07) is 21.5. The van der Waals surface area contributed by atoms with Crippen LogP contribution in [0.3, 0.4) is 0 Å². The summed E-state index contributed by atoms with van der Waals surface area (Å²) >= 11 is 0. The zero-order valence-corrected chi connectivity index (χ0v) is 17.4. The van der Waals surface area contributed by atoms with E-state index in [-0.39, 0.29) is 5.91 Å². The van der Waals surface area contributed by atoms with Gasteiger partial charge in [-0.2, -0.15) is 0 Å². The largest absolute Gasteiger partial charge is 0.497 e. The highest BCUT2D eigenvalue weighted by molar-refractivity contribution is 5.94. The smallest absolute Gasteiger partial charge is 0.254 e. The minimum Gasteiger partial charge on any atom is -0.497 e. The Hall–Kier alpha value is -3.27. The molecular formula is C25H27NO3. The summed E-state index contributed by atoms with van der Waals surface area (Å²) in [4.78, 5) is 15.2. The van der Waals surface area contributed by atoms with Gasteiger partial charge in [-0.15, -0.1) is 0 Å². The number of hydrogen-bond donors (Lipinski definition) is 0. The van der Waals surface area contributed by atoms with Crippen molar-refractivity contribution >= 4 is 5.91 Å². The molecule has 0 aliphatic carbocycles. The maximum absolute atomic E-state index is 13.3. The van der Waals surface area contributed by atoms with Gasteiger partial charge >= 0.3 is 0 Å². The van der Waals surface area contributed by atoms with Gasteiger partial charge in [0.2, 0.25) is 0 Å². The molecule has 0 saturated heterocycles. The van der Waals surface area contributed by atoms with E-state index in [4.69, 9.17) is 9.47 Å². The van der Waals surface area contributed by atoms with Gasteiger partial charge in [0.15, 0.2) is 0 Å². The van der Waals surface area contributed by atoms with E-state index >= 15 is 0 Å². The number of ether oxygens (including phenoxy) is 2. The van der Waals surface area contributed by atoms with Crippen LogP contribution < -0.4 is 9.47 Å². The van der Waals surface area contributed by atoms with E-state index in [0.29, 0.717) is 18.7 Å². The molecule has 0 heterocycles. The average Bonchev–Trinajstić information content (AvgIpc) is 2.75. The molecule has 0 radical (unpaired) electrons. The van der Waals surface area contributed by atoms with E-state index in [1.165, 1.54) is 5.56 Å². The van der Waals surface area contributed by atoms with Crippen molar-refractivity contribution in [2.24, 2.45) is 0 Å². The molecule has 3 aromatic carbocycles. The van der Waals surface area contributed by atoms with Crippen LogP contribution in [0.15, 0.2) is 66.7 Å². The molecule has 0 spiro atoms. The maximum Gasteiger partial charge on any atom is 0.254 e. The Morgan fingerprint density at radius 2 is 1.21 bits per heavy atom. The van der Waals surface area contributed by atoms with Crippen molar-refractivity contribution in [1.82, 2.24) is 4.90 Å². The van der Waals surface area contributed by atoms with Crippen molar-refractivity contribution in [1.29, 1.82) is 0 Å². The van der Waals surface area contributed by atoms with Crippen LogP contribution in [0.5, 0.6) is 11.5 Å². The summed E-state index contributed by atoms with van der Waals surface area (Å²) < 4.78 is 10.5. The number of benzene rings is 3. The number of amides is 1. The number of aryl methyl sites for hydroxylation is 2. The molecule has 0 atom stereocenters. The fourth-order valence-electron chi connectivity index (χ4n) is 3.16. The molecule has 4 nitrogen and oxygen atoms in total. The van der Waals surface area contributed by atoms with Crippen LogP contribution >= 0.6 is 0 Å². The molecular weight excluding hydrogens is 362 g/mol. The number of carbonyl (C=O) groups is 1. The van der Waals surface area contributed by atoms with Crippen molar-refractivity contribution in [3.05, 3.63) is 94.5 Å². The Labute approximate surface area is 172 Å². The fraction of sp³-hybridized carbons (Fsp3) is 0.240. The zero-order chi connectivity index (χ0) is 20.8. The molecule has 0 fully saturated rings. The van der Waals surface area contributed by atoms with Crippen molar-refractivity contribution in [3.63, 3.8) is 0 Å². The zero-order valence-electron chi connectivity index (χ0n) is 17.4. The van der Waals surface area contributed by atoms with Gasteiger partial charge in [-0.1, -0.05) is 30.3 Å². The van der Waals surface area contributed by atoms with E-state index in [2.05, 4.69) is 6.92 Å². The molecule has 0 saturated carbocycles. The van der Waals surface area contributed by atoms with Crippen LogP contribution in [0.25, 0.3) is 0 Å². The van der Waals surface area contributed by atoms with Gasteiger partial charge in [-0.25, -0.2) is 0 Å². The molecule has 0 aliphatic rings. The average molecular weight is 389 g/mol. The molecule has 29 heavy (non-hydrogen) atoms. The Kier molecular flexibility index (Phi) is 6.55. The van der Waals surface area contributed by atoms with E-state index < -0.39 is 0 Å². The summed E-state index contributed by atoms with van der Waals surface area (Å²) in [5.41, 5.74) is 5.10. The number of rotatable bonds is 7. The standard InChI is InChI=1S/C25H27NO3/c1-18-5-10-22(15-19(18)2)25(27)26(16-20-6-11-23(28-3)12-7-20)17-21-8-13-24(29-4)14-9-21/h5-15H,16-17H2,1-4H3. The Balaban J connectivity index is 1.87. The normalized spacial score (nSPS) is 10.5. The monoisotopic (exact) mass is 389 g/mol. The molecule has 4 heteroatoms. The predicted octanol–water partition coefficient (Wildman–Crippen LogP) is 5.16. The lowest BCUT2D eigenvalue weighted by atomic mass is 10.0. The van der Waals surface area contributed by atoms with E-state index in [9.17, 15) is 4.79 Å². The third-order valence-electron chi connectivity index (χ3n) is 5.11. The number of methoxy groups -OCH3 is 2. The first-order valence-electron chi connectivity index (χ1n) is 9.62. The third-order valence-corrected chi connectivity index (χ3v) is 5.11. The summed E-state index contributed by atoms with van der Waals surface area (Å²) in [6.07, 6.45) is 0. The Morgan fingerprint density at radius 3 is 1.62 bits per heavy atom. The first-order chi connectivity index (χ1) is 14.0. The van der Waals surface area contributed by atoms with Gasteiger partial charge in [-0.05, 0) is 72.5 Å². The molecule has 0 unspecified atom stereocenters. The van der Waals surface area contributed by atoms with E-state index in [0.717, 1.165) is 28.2 Å². The highest BCUT2D eigenvalue weighted by atomic mass is 16.5. The molecule has 3 rings (SSSR count). The van der Waals surface area contributed by atoms with Gasteiger partial charge in [0.1, 0.15) is 11.5 Å². The quantitative estimate of drug-likeness (QED) is 0.560. The molecule has 150 valence electrons. The second kappa shape index (κ2) is 9.28. The fourth-order valence-corrected chi connectivity index (χ4v) is 3.16. The van der Waals surface area contributed by atoms with Crippen LogP contribution in [-0.4, -0.2) is 25.0 Å². The molecule has 0 aliphatic heterocycles. The van der Waals surface area contributed by atoms with Gasteiger partial charge in [-0.3, -0.25) is 4.79 Å². The highest BCUT2D eigenvalue weighted by Crippen LogP contribution is 2.20. The SMILES string of the molecule is COc1ccc(CN(Cc2ccc(OC)cc2)C(=O)c2ccc(C)c(C)c2)cc1. The van der Waals surface area contributed by atoms with Crippen LogP contribution in [-0.2, 0) is 13.1 Å². The topological polar surface area (TPSA) is 38.8 Å².